The van der Waals surface area contributed by atoms with E-state index >= 15 is 0 Å². The van der Waals surface area contributed by atoms with Crippen molar-refractivity contribution < 1.29 is 23.0 Å². The van der Waals surface area contributed by atoms with Gasteiger partial charge in [-0.3, -0.25) is 9.80 Å². The van der Waals surface area contributed by atoms with E-state index in [0.29, 0.717) is 38.5 Å². The molecule has 0 aliphatic carbocycles. The van der Waals surface area contributed by atoms with Crippen LogP contribution in [0.4, 0.5) is 13.2 Å². The van der Waals surface area contributed by atoms with Crippen LogP contribution in [0.1, 0.15) is 18.4 Å². The van der Waals surface area contributed by atoms with Crippen LogP contribution in [0.5, 0.6) is 5.75 Å². The van der Waals surface area contributed by atoms with Crippen molar-refractivity contribution in [3.05, 3.63) is 29.8 Å². The predicted molar refractivity (Wildman–Crippen MR) is 88.7 cm³/mol. The molecule has 2 fully saturated rings. The molecular weight excluding hydrogens is 333 g/mol. The van der Waals surface area contributed by atoms with Crippen molar-refractivity contribution in [2.75, 3.05) is 39.5 Å². The van der Waals surface area contributed by atoms with E-state index in [9.17, 15) is 18.3 Å². The minimum atomic E-state index is -2.56. The van der Waals surface area contributed by atoms with Gasteiger partial charge in [-0.15, -0.1) is 0 Å². The number of halogens is 3. The third-order valence-electron chi connectivity index (χ3n) is 5.01. The lowest BCUT2D eigenvalue weighted by molar-refractivity contribution is -0.0698. The number of hydrogen-bond acceptors (Lipinski definition) is 4. The number of rotatable bonds is 6. The second-order valence-electron chi connectivity index (χ2n) is 6.90. The van der Waals surface area contributed by atoms with Crippen molar-refractivity contribution in [2.45, 2.75) is 37.5 Å². The van der Waals surface area contributed by atoms with Gasteiger partial charge in [0.25, 0.3) is 5.92 Å². The maximum Gasteiger partial charge on any atom is 0.250 e. The van der Waals surface area contributed by atoms with E-state index in [2.05, 4.69) is 4.90 Å². The van der Waals surface area contributed by atoms with E-state index in [1.54, 1.807) is 0 Å². The summed E-state index contributed by atoms with van der Waals surface area (Å²) in [6.45, 7) is 2.10. The number of likely N-dealkylation sites (tertiary alicyclic amines) is 2. The van der Waals surface area contributed by atoms with E-state index in [-0.39, 0.29) is 25.5 Å². The first-order valence-corrected chi connectivity index (χ1v) is 8.77. The Balaban J connectivity index is 1.51. The molecule has 2 aliphatic heterocycles. The molecule has 0 amide bonds. The van der Waals surface area contributed by atoms with Crippen LogP contribution in [0.2, 0.25) is 0 Å². The van der Waals surface area contributed by atoms with Crippen LogP contribution >= 0.6 is 0 Å². The lowest BCUT2D eigenvalue weighted by Crippen LogP contribution is -2.49. The Morgan fingerprint density at radius 2 is 1.80 bits per heavy atom. The fraction of sp³-hybridized carbons (Fsp3) is 0.667. The first kappa shape index (κ1) is 18.5. The van der Waals surface area contributed by atoms with Crippen molar-refractivity contribution in [3.63, 3.8) is 0 Å². The Kier molecular flexibility index (Phi) is 5.86. The quantitative estimate of drug-likeness (QED) is 0.847. The van der Waals surface area contributed by atoms with E-state index in [1.807, 2.05) is 29.2 Å². The van der Waals surface area contributed by atoms with Gasteiger partial charge in [0.1, 0.15) is 19.0 Å². The molecule has 0 unspecified atom stereocenters. The van der Waals surface area contributed by atoms with E-state index in [1.165, 1.54) is 0 Å². The number of nitrogens with zero attached hydrogens (tertiary/aromatic N) is 2. The molecule has 3 rings (SSSR count). The fourth-order valence-corrected chi connectivity index (χ4v) is 3.62. The topological polar surface area (TPSA) is 35.9 Å². The molecule has 0 spiro atoms. The third kappa shape index (κ3) is 4.86. The van der Waals surface area contributed by atoms with Crippen LogP contribution in [-0.2, 0) is 6.54 Å². The normalized spacial score (nSPS) is 27.5. The second kappa shape index (κ2) is 7.93. The highest BCUT2D eigenvalue weighted by molar-refractivity contribution is 5.27. The Hall–Kier alpha value is -1.31. The van der Waals surface area contributed by atoms with Gasteiger partial charge in [0.15, 0.2) is 0 Å². The molecule has 1 aromatic rings. The predicted octanol–water partition coefficient (Wildman–Crippen LogP) is 2.31. The number of aliphatic hydroxyl groups is 1. The molecule has 2 heterocycles. The lowest BCUT2D eigenvalue weighted by Gasteiger charge is -2.36. The van der Waals surface area contributed by atoms with Gasteiger partial charge in [-0.1, -0.05) is 12.1 Å². The van der Waals surface area contributed by atoms with Crippen LogP contribution < -0.4 is 4.74 Å². The first-order valence-electron chi connectivity index (χ1n) is 8.77. The van der Waals surface area contributed by atoms with Gasteiger partial charge in [-0.2, -0.15) is 0 Å². The van der Waals surface area contributed by atoms with Crippen LogP contribution in [0.3, 0.4) is 0 Å². The summed E-state index contributed by atoms with van der Waals surface area (Å²) in [4.78, 5) is 4.13. The van der Waals surface area contributed by atoms with Crippen molar-refractivity contribution in [2.24, 2.45) is 0 Å². The van der Waals surface area contributed by atoms with Crippen LogP contribution in [0, 0.1) is 0 Å². The number of benzene rings is 1. The summed E-state index contributed by atoms with van der Waals surface area (Å²) in [5, 5.41) is 10.3. The molecule has 0 radical (unpaired) electrons. The molecule has 2 aliphatic rings. The lowest BCUT2D eigenvalue weighted by atomic mass is 10.0. The summed E-state index contributed by atoms with van der Waals surface area (Å²) in [6.07, 6.45) is -0.772. The molecule has 7 heteroatoms. The monoisotopic (exact) mass is 358 g/mol. The zero-order valence-electron chi connectivity index (χ0n) is 14.2. The number of piperidine rings is 1. The summed E-state index contributed by atoms with van der Waals surface area (Å²) >= 11 is 0. The van der Waals surface area contributed by atoms with Gasteiger partial charge < -0.3 is 9.84 Å². The Morgan fingerprint density at radius 3 is 2.44 bits per heavy atom. The van der Waals surface area contributed by atoms with Gasteiger partial charge in [-0.05, 0) is 17.7 Å². The third-order valence-corrected chi connectivity index (χ3v) is 5.01. The van der Waals surface area contributed by atoms with Crippen molar-refractivity contribution in [1.82, 2.24) is 9.80 Å². The number of aliphatic hydroxyl groups excluding tert-OH is 1. The standard InChI is InChI=1S/C18H25F3N2O2/c19-7-10-25-15-3-1-14(2-4-15)11-22-12-16(17(24)13-22)23-8-5-18(20,21)6-9-23/h1-4,16-17,24H,5-13H2/t16-,17-/m0/s1. The summed E-state index contributed by atoms with van der Waals surface area (Å²) in [6, 6.07) is 7.38. The smallest absolute Gasteiger partial charge is 0.250 e. The van der Waals surface area contributed by atoms with Gasteiger partial charge in [0, 0.05) is 51.6 Å². The highest BCUT2D eigenvalue weighted by Crippen LogP contribution is 2.30. The SMILES string of the molecule is O[C@H]1CN(Cc2ccc(OCCF)cc2)C[C@@H]1N1CCC(F)(F)CC1. The first-order chi connectivity index (χ1) is 12.0. The summed E-state index contributed by atoms with van der Waals surface area (Å²) in [7, 11) is 0. The summed E-state index contributed by atoms with van der Waals surface area (Å²) < 4.78 is 43.9. The molecule has 4 nitrogen and oxygen atoms in total. The Labute approximate surface area is 146 Å². The van der Waals surface area contributed by atoms with Gasteiger partial charge in [0.2, 0.25) is 0 Å². The highest BCUT2D eigenvalue weighted by atomic mass is 19.3. The zero-order chi connectivity index (χ0) is 17.9. The molecule has 25 heavy (non-hydrogen) atoms. The van der Waals surface area contributed by atoms with Crippen molar-refractivity contribution in [3.8, 4) is 5.75 Å². The maximum absolute atomic E-state index is 13.3. The number of ether oxygens (including phenoxy) is 1. The summed E-state index contributed by atoms with van der Waals surface area (Å²) in [5.74, 6) is -1.93. The van der Waals surface area contributed by atoms with Crippen LogP contribution in [-0.4, -0.2) is 72.4 Å². The zero-order valence-corrected chi connectivity index (χ0v) is 14.2. The summed E-state index contributed by atoms with van der Waals surface area (Å²) in [5.41, 5.74) is 1.07. The number of β-amino-alcohol motifs (C(OH)–C–C–N with tert-alkyl or cyclic N) is 1. The largest absolute Gasteiger partial charge is 0.491 e. The average Bonchev–Trinajstić information content (AvgIpc) is 2.94. The van der Waals surface area contributed by atoms with E-state index in [4.69, 9.17) is 4.74 Å². The van der Waals surface area contributed by atoms with Crippen LogP contribution in [0.15, 0.2) is 24.3 Å². The molecule has 0 saturated carbocycles. The molecule has 0 aromatic heterocycles. The Morgan fingerprint density at radius 1 is 1.12 bits per heavy atom. The van der Waals surface area contributed by atoms with Gasteiger partial charge >= 0.3 is 0 Å². The Bertz CT molecular complexity index is 546. The molecule has 2 atom stereocenters. The van der Waals surface area contributed by atoms with E-state index < -0.39 is 18.7 Å². The van der Waals surface area contributed by atoms with E-state index in [0.717, 1.165) is 5.56 Å². The number of hydrogen-bond donors (Lipinski definition) is 1. The van der Waals surface area contributed by atoms with Gasteiger partial charge in [-0.25, -0.2) is 13.2 Å². The average molecular weight is 358 g/mol. The minimum absolute atomic E-state index is 0.0498. The molecule has 0 bridgehead atoms. The maximum atomic E-state index is 13.3. The molecule has 1 aromatic carbocycles. The highest BCUT2D eigenvalue weighted by Gasteiger charge is 2.41. The fourth-order valence-electron chi connectivity index (χ4n) is 3.62. The van der Waals surface area contributed by atoms with Crippen LogP contribution in [0.25, 0.3) is 0 Å². The van der Waals surface area contributed by atoms with Gasteiger partial charge in [0.05, 0.1) is 6.10 Å². The minimum Gasteiger partial charge on any atom is -0.491 e. The molecule has 2 saturated heterocycles. The molecule has 1 N–H and O–H groups in total. The molecule has 140 valence electrons. The van der Waals surface area contributed by atoms with Crippen molar-refractivity contribution in [1.29, 1.82) is 0 Å². The second-order valence-corrected chi connectivity index (χ2v) is 6.90. The van der Waals surface area contributed by atoms with Crippen molar-refractivity contribution >= 4 is 0 Å². The molecular formula is C18H25F3N2O2. The number of alkyl halides is 3.